The molecule has 3 heterocycles. The smallest absolute Gasteiger partial charge is 0.0568 e. The molecular weight excluding hydrogens is 348 g/mol. The van der Waals surface area contributed by atoms with Crippen molar-refractivity contribution in [1.29, 1.82) is 0 Å². The lowest BCUT2D eigenvalue weighted by atomic mass is 9.83. The summed E-state index contributed by atoms with van der Waals surface area (Å²) in [6, 6.07) is 11.6. The molecule has 1 N–H and O–H groups in total. The lowest BCUT2D eigenvalue weighted by Crippen LogP contribution is -2.48. The summed E-state index contributed by atoms with van der Waals surface area (Å²) in [6.45, 7) is 3.30. The Morgan fingerprint density at radius 3 is 2.92 bits per heavy atom. The number of benzene rings is 1. The Kier molecular flexibility index (Phi) is 4.99. The van der Waals surface area contributed by atoms with E-state index in [2.05, 4.69) is 52.0 Å². The minimum absolute atomic E-state index is 0. The highest BCUT2D eigenvalue weighted by atomic mass is 35.5. The van der Waals surface area contributed by atoms with Gasteiger partial charge in [-0.2, -0.15) is 0 Å². The van der Waals surface area contributed by atoms with Gasteiger partial charge in [0.25, 0.3) is 0 Å². The normalized spacial score (nSPS) is 27.6. The topological polar surface area (TPSA) is 15.3 Å². The minimum atomic E-state index is 0. The van der Waals surface area contributed by atoms with Crippen LogP contribution in [0.25, 0.3) is 0 Å². The maximum absolute atomic E-state index is 3.72. The maximum atomic E-state index is 3.72. The average Bonchev–Trinajstić information content (AvgIpc) is 2.80. The van der Waals surface area contributed by atoms with E-state index in [1.165, 1.54) is 31.2 Å². The van der Waals surface area contributed by atoms with Crippen LogP contribution >= 0.6 is 24.2 Å². The minimum Gasteiger partial charge on any atom is -0.360 e. The fraction of sp³-hybridized carbons (Fsp3) is 0.429. The molecule has 4 aliphatic rings. The summed E-state index contributed by atoms with van der Waals surface area (Å²) >= 11 is 1.97. The van der Waals surface area contributed by atoms with Crippen LogP contribution in [0.5, 0.6) is 0 Å². The lowest BCUT2D eigenvalue weighted by molar-refractivity contribution is 0.223. The quantitative estimate of drug-likeness (QED) is 0.822. The van der Waals surface area contributed by atoms with Gasteiger partial charge in [0.15, 0.2) is 0 Å². The molecule has 1 aliphatic carbocycles. The number of fused-ring (bicyclic) bond motifs is 2. The molecule has 1 saturated heterocycles. The van der Waals surface area contributed by atoms with Gasteiger partial charge in [-0.05, 0) is 53.7 Å². The van der Waals surface area contributed by atoms with E-state index < -0.39 is 0 Å². The Hall–Kier alpha value is -1.16. The summed E-state index contributed by atoms with van der Waals surface area (Å²) < 4.78 is 0. The largest absolute Gasteiger partial charge is 0.360 e. The van der Waals surface area contributed by atoms with Gasteiger partial charge in [-0.3, -0.25) is 0 Å². The van der Waals surface area contributed by atoms with Crippen LogP contribution in [0.2, 0.25) is 0 Å². The molecule has 2 atom stereocenters. The fourth-order valence-electron chi connectivity index (χ4n) is 4.94. The van der Waals surface area contributed by atoms with Crippen molar-refractivity contribution in [3.05, 3.63) is 69.1 Å². The molecule has 3 aliphatic heterocycles. The number of hydrogen-bond acceptors (Lipinski definition) is 3. The zero-order chi connectivity index (χ0) is 15.9. The zero-order valence-corrected chi connectivity index (χ0v) is 16.0. The van der Waals surface area contributed by atoms with Crippen molar-refractivity contribution in [2.45, 2.75) is 31.7 Å². The van der Waals surface area contributed by atoms with Gasteiger partial charge in [0.2, 0.25) is 0 Å². The van der Waals surface area contributed by atoms with Crippen molar-refractivity contribution in [2.24, 2.45) is 5.92 Å². The van der Waals surface area contributed by atoms with E-state index in [-0.39, 0.29) is 12.4 Å². The molecule has 0 saturated carbocycles. The van der Waals surface area contributed by atoms with Gasteiger partial charge in [0, 0.05) is 24.5 Å². The Morgan fingerprint density at radius 1 is 1.16 bits per heavy atom. The van der Waals surface area contributed by atoms with Gasteiger partial charge in [0.1, 0.15) is 0 Å². The molecule has 5 rings (SSSR count). The number of thioether (sulfide) groups is 1. The van der Waals surface area contributed by atoms with Gasteiger partial charge in [-0.15, -0.1) is 24.2 Å². The molecule has 2 unspecified atom stereocenters. The molecule has 2 nitrogen and oxygen atoms in total. The SMILES string of the molecule is C1=CSC2=C3C(=C4CNCC(Cc5ccccc5)C4N3C1)CCC2.Cl. The van der Waals surface area contributed by atoms with Crippen molar-refractivity contribution in [2.75, 3.05) is 19.6 Å². The molecular formula is C21H25ClN2S. The van der Waals surface area contributed by atoms with E-state index >= 15 is 0 Å². The van der Waals surface area contributed by atoms with Crippen LogP contribution in [0, 0.1) is 5.92 Å². The molecule has 0 bridgehead atoms. The average molecular weight is 373 g/mol. The number of nitrogens with zero attached hydrogens (tertiary/aromatic N) is 1. The zero-order valence-electron chi connectivity index (χ0n) is 14.4. The van der Waals surface area contributed by atoms with Crippen LogP contribution in [0.3, 0.4) is 0 Å². The third kappa shape index (κ3) is 2.97. The molecule has 0 amide bonds. The van der Waals surface area contributed by atoms with Crippen LogP contribution in [-0.2, 0) is 6.42 Å². The molecule has 132 valence electrons. The van der Waals surface area contributed by atoms with Crippen LogP contribution in [0.1, 0.15) is 24.8 Å². The first-order chi connectivity index (χ1) is 11.9. The Bertz CT molecular complexity index is 738. The standard InChI is InChI=1S/C21H24N2S.ClH/c1-2-6-15(7-3-1)12-16-13-22-14-18-17-8-4-9-19-21(17)23(20(16)18)10-5-11-24-19;/h1-3,5-7,11,16,20,22H,4,8-10,12-14H2;1H. The summed E-state index contributed by atoms with van der Waals surface area (Å²) in [6.07, 6.45) is 7.40. The third-order valence-electron chi connectivity index (χ3n) is 5.87. The second-order valence-electron chi connectivity index (χ2n) is 7.30. The van der Waals surface area contributed by atoms with Gasteiger partial charge in [0.05, 0.1) is 11.7 Å². The predicted molar refractivity (Wildman–Crippen MR) is 109 cm³/mol. The second kappa shape index (κ2) is 7.22. The fourth-order valence-corrected chi connectivity index (χ4v) is 5.90. The second-order valence-corrected chi connectivity index (χ2v) is 8.30. The third-order valence-corrected chi connectivity index (χ3v) is 6.88. The highest BCUT2D eigenvalue weighted by Crippen LogP contribution is 2.49. The molecule has 1 aromatic carbocycles. The maximum Gasteiger partial charge on any atom is 0.0568 e. The first-order valence-corrected chi connectivity index (χ1v) is 10.1. The van der Waals surface area contributed by atoms with Gasteiger partial charge < -0.3 is 10.2 Å². The summed E-state index contributed by atoms with van der Waals surface area (Å²) in [5.41, 5.74) is 6.46. The van der Waals surface area contributed by atoms with Crippen molar-refractivity contribution in [3.63, 3.8) is 0 Å². The van der Waals surface area contributed by atoms with Gasteiger partial charge in [-0.1, -0.05) is 36.4 Å². The van der Waals surface area contributed by atoms with E-state index in [0.717, 1.165) is 19.6 Å². The Morgan fingerprint density at radius 2 is 2.04 bits per heavy atom. The number of allylic oxidation sites excluding steroid dienone is 2. The number of halogens is 1. The highest BCUT2D eigenvalue weighted by Gasteiger charge is 2.44. The summed E-state index contributed by atoms with van der Waals surface area (Å²) in [5.74, 6) is 0.666. The number of hydrogen-bond donors (Lipinski definition) is 1. The van der Waals surface area contributed by atoms with E-state index in [9.17, 15) is 0 Å². The van der Waals surface area contributed by atoms with E-state index in [0.29, 0.717) is 12.0 Å². The van der Waals surface area contributed by atoms with E-state index in [4.69, 9.17) is 0 Å². The van der Waals surface area contributed by atoms with Crippen molar-refractivity contribution < 1.29 is 0 Å². The van der Waals surface area contributed by atoms with Gasteiger partial charge >= 0.3 is 0 Å². The highest BCUT2D eigenvalue weighted by molar-refractivity contribution is 8.05. The molecule has 1 fully saturated rings. The van der Waals surface area contributed by atoms with E-state index in [1.807, 2.05) is 11.8 Å². The molecule has 0 aromatic heterocycles. The van der Waals surface area contributed by atoms with Crippen molar-refractivity contribution >= 4 is 24.2 Å². The molecule has 25 heavy (non-hydrogen) atoms. The molecule has 0 spiro atoms. The monoisotopic (exact) mass is 372 g/mol. The van der Waals surface area contributed by atoms with Crippen molar-refractivity contribution in [1.82, 2.24) is 10.2 Å². The van der Waals surface area contributed by atoms with Crippen LogP contribution < -0.4 is 5.32 Å². The first kappa shape index (κ1) is 17.3. The predicted octanol–water partition coefficient (Wildman–Crippen LogP) is 4.51. The summed E-state index contributed by atoms with van der Waals surface area (Å²) in [5, 5.41) is 6.04. The Balaban J connectivity index is 0.00000157. The van der Waals surface area contributed by atoms with Crippen LogP contribution in [0.4, 0.5) is 0 Å². The number of piperidine rings is 1. The summed E-state index contributed by atoms with van der Waals surface area (Å²) in [4.78, 5) is 4.36. The molecule has 1 aromatic rings. The lowest BCUT2D eigenvalue weighted by Gasteiger charge is -2.39. The van der Waals surface area contributed by atoms with Crippen LogP contribution in [0.15, 0.2) is 63.6 Å². The summed E-state index contributed by atoms with van der Waals surface area (Å²) in [7, 11) is 0. The molecule has 4 heteroatoms. The van der Waals surface area contributed by atoms with Crippen molar-refractivity contribution in [3.8, 4) is 0 Å². The van der Waals surface area contributed by atoms with Gasteiger partial charge in [-0.25, -0.2) is 0 Å². The Labute approximate surface area is 160 Å². The van der Waals surface area contributed by atoms with E-state index in [1.54, 1.807) is 21.7 Å². The molecule has 0 radical (unpaired) electrons. The first-order valence-electron chi connectivity index (χ1n) is 9.20. The number of nitrogens with one attached hydrogen (secondary N) is 1. The van der Waals surface area contributed by atoms with Crippen LogP contribution in [-0.4, -0.2) is 30.6 Å². The number of rotatable bonds is 2.